The predicted molar refractivity (Wildman–Crippen MR) is 76.9 cm³/mol. The molecule has 0 aliphatic carbocycles. The lowest BCUT2D eigenvalue weighted by molar-refractivity contribution is -0.142. The summed E-state index contributed by atoms with van der Waals surface area (Å²) in [6, 6.07) is 2.77. The summed E-state index contributed by atoms with van der Waals surface area (Å²) in [7, 11) is -2.97. The second-order valence-corrected chi connectivity index (χ2v) is 7.06. The molecule has 0 spiro atoms. The number of nitrogens with zero attached hydrogens (tertiary/aromatic N) is 1. The van der Waals surface area contributed by atoms with Crippen LogP contribution in [0.5, 0.6) is 0 Å². The van der Waals surface area contributed by atoms with Crippen LogP contribution < -0.4 is 0 Å². The Morgan fingerprint density at radius 2 is 1.91 bits per heavy atom. The minimum Gasteiger partial charge on any atom is -0.481 e. The lowest BCUT2D eigenvalue weighted by Crippen LogP contribution is -2.40. The lowest BCUT2D eigenvalue weighted by atomic mass is 9.99. The third kappa shape index (κ3) is 3.50. The molecule has 0 aromatic heterocycles. The van der Waals surface area contributed by atoms with E-state index in [4.69, 9.17) is 5.11 Å². The monoisotopic (exact) mass is 345 g/mol. The van der Waals surface area contributed by atoms with Crippen LogP contribution >= 0.6 is 0 Å². The summed E-state index contributed by atoms with van der Waals surface area (Å²) >= 11 is 0. The maximum Gasteiger partial charge on any atom is 0.339 e. The number of piperidine rings is 1. The van der Waals surface area contributed by atoms with Crippen LogP contribution in [0.3, 0.4) is 0 Å². The summed E-state index contributed by atoms with van der Waals surface area (Å²) in [5.74, 6) is -3.26. The van der Waals surface area contributed by atoms with Crippen molar-refractivity contribution in [3.05, 3.63) is 29.6 Å². The first kappa shape index (κ1) is 17.4. The van der Waals surface area contributed by atoms with E-state index in [1.54, 1.807) is 0 Å². The zero-order chi connectivity index (χ0) is 17.2. The molecular weight excluding hydrogens is 329 g/mol. The van der Waals surface area contributed by atoms with Crippen LogP contribution in [0.4, 0.5) is 4.39 Å². The number of rotatable bonds is 4. The number of ether oxygens (including phenoxy) is 1. The van der Waals surface area contributed by atoms with Crippen molar-refractivity contribution < 1.29 is 32.2 Å². The van der Waals surface area contributed by atoms with Gasteiger partial charge in [0, 0.05) is 13.1 Å². The van der Waals surface area contributed by atoms with E-state index in [9.17, 15) is 22.4 Å². The minimum absolute atomic E-state index is 0.0251. The number of carbonyl (C=O) groups is 2. The van der Waals surface area contributed by atoms with Gasteiger partial charge in [-0.3, -0.25) is 4.79 Å². The molecule has 7 nitrogen and oxygen atoms in total. The van der Waals surface area contributed by atoms with Gasteiger partial charge in [0.15, 0.2) is 0 Å². The van der Waals surface area contributed by atoms with Gasteiger partial charge in [-0.05, 0) is 31.0 Å². The van der Waals surface area contributed by atoms with Gasteiger partial charge >= 0.3 is 11.9 Å². The quantitative estimate of drug-likeness (QED) is 0.820. The zero-order valence-electron chi connectivity index (χ0n) is 12.4. The van der Waals surface area contributed by atoms with Crippen molar-refractivity contribution in [2.45, 2.75) is 17.7 Å². The van der Waals surface area contributed by atoms with Gasteiger partial charge in [-0.15, -0.1) is 0 Å². The number of sulfonamides is 1. The highest BCUT2D eigenvalue weighted by Crippen LogP contribution is 2.26. The first-order valence-corrected chi connectivity index (χ1v) is 8.32. The molecule has 1 N–H and O–H groups in total. The molecule has 1 aromatic carbocycles. The van der Waals surface area contributed by atoms with Crippen molar-refractivity contribution in [1.82, 2.24) is 4.31 Å². The smallest absolute Gasteiger partial charge is 0.339 e. The van der Waals surface area contributed by atoms with Gasteiger partial charge in [0.2, 0.25) is 10.0 Å². The van der Waals surface area contributed by atoms with Crippen molar-refractivity contribution >= 4 is 22.0 Å². The second-order valence-electron chi connectivity index (χ2n) is 5.15. The Morgan fingerprint density at radius 3 is 2.43 bits per heavy atom. The molecule has 0 atom stereocenters. The van der Waals surface area contributed by atoms with Gasteiger partial charge in [-0.2, -0.15) is 4.31 Å². The van der Waals surface area contributed by atoms with Crippen LogP contribution in [0, 0.1) is 11.7 Å². The van der Waals surface area contributed by atoms with Crippen LogP contribution in [0.25, 0.3) is 0 Å². The molecule has 126 valence electrons. The number of carboxylic acids is 1. The first-order chi connectivity index (χ1) is 10.8. The summed E-state index contributed by atoms with van der Waals surface area (Å²) in [5.41, 5.74) is -0.382. The summed E-state index contributed by atoms with van der Waals surface area (Å²) in [6.07, 6.45) is 0.368. The van der Waals surface area contributed by atoms with E-state index in [-0.39, 0.29) is 36.4 Å². The number of methoxy groups -OCH3 is 1. The van der Waals surface area contributed by atoms with E-state index in [0.717, 1.165) is 29.6 Å². The number of carbonyl (C=O) groups excluding carboxylic acids is 1. The van der Waals surface area contributed by atoms with Crippen molar-refractivity contribution in [2.75, 3.05) is 20.2 Å². The molecule has 23 heavy (non-hydrogen) atoms. The third-order valence-corrected chi connectivity index (χ3v) is 5.72. The van der Waals surface area contributed by atoms with Crippen molar-refractivity contribution in [1.29, 1.82) is 0 Å². The number of hydrogen-bond donors (Lipinski definition) is 1. The van der Waals surface area contributed by atoms with Gasteiger partial charge in [0.05, 0.1) is 23.5 Å². The van der Waals surface area contributed by atoms with E-state index >= 15 is 0 Å². The molecule has 1 saturated heterocycles. The highest BCUT2D eigenvalue weighted by molar-refractivity contribution is 7.89. The van der Waals surface area contributed by atoms with Crippen LogP contribution in [-0.4, -0.2) is 50.0 Å². The van der Waals surface area contributed by atoms with Crippen LogP contribution in [0.2, 0.25) is 0 Å². The Kier molecular flexibility index (Phi) is 5.00. The fraction of sp³-hybridized carbons (Fsp3) is 0.429. The summed E-state index contributed by atoms with van der Waals surface area (Å²) < 4.78 is 44.3. The molecule has 1 aliphatic heterocycles. The lowest BCUT2D eigenvalue weighted by Gasteiger charge is -2.29. The van der Waals surface area contributed by atoms with Crippen molar-refractivity contribution in [3.63, 3.8) is 0 Å². The summed E-state index contributed by atoms with van der Waals surface area (Å²) in [6.45, 7) is 0.0502. The van der Waals surface area contributed by atoms with Gasteiger partial charge in [-0.25, -0.2) is 17.6 Å². The van der Waals surface area contributed by atoms with Crippen LogP contribution in [-0.2, 0) is 19.6 Å². The fourth-order valence-corrected chi connectivity index (χ4v) is 4.11. The second kappa shape index (κ2) is 6.63. The maximum absolute atomic E-state index is 13.3. The standard InChI is InChI=1S/C14H16FNO6S/c1-22-14(19)11-8-10(15)2-3-12(11)23(20,21)16-6-4-9(5-7-16)13(17)18/h2-3,8-9H,4-7H2,1H3,(H,17,18). The molecule has 0 radical (unpaired) electrons. The van der Waals surface area contributed by atoms with Crippen molar-refractivity contribution in [3.8, 4) is 0 Å². The third-order valence-electron chi connectivity index (χ3n) is 3.77. The van der Waals surface area contributed by atoms with Gasteiger partial charge in [0.25, 0.3) is 0 Å². The highest BCUT2D eigenvalue weighted by Gasteiger charge is 2.34. The molecule has 1 fully saturated rings. The number of aliphatic carboxylic acids is 1. The van der Waals surface area contributed by atoms with E-state index < -0.39 is 33.7 Å². The SMILES string of the molecule is COC(=O)c1cc(F)ccc1S(=O)(=O)N1CCC(C(=O)O)CC1. The van der Waals surface area contributed by atoms with E-state index in [1.165, 1.54) is 0 Å². The number of esters is 1. The number of hydrogen-bond acceptors (Lipinski definition) is 5. The van der Waals surface area contributed by atoms with Crippen LogP contribution in [0.15, 0.2) is 23.1 Å². The van der Waals surface area contributed by atoms with E-state index in [2.05, 4.69) is 4.74 Å². The van der Waals surface area contributed by atoms with E-state index in [1.807, 2.05) is 0 Å². The molecule has 1 aliphatic rings. The first-order valence-electron chi connectivity index (χ1n) is 6.88. The topological polar surface area (TPSA) is 101 Å². The normalized spacial score (nSPS) is 17.0. The molecule has 1 aromatic rings. The molecule has 2 rings (SSSR count). The molecule has 0 amide bonds. The average Bonchev–Trinajstić information content (AvgIpc) is 2.53. The summed E-state index contributed by atoms with van der Waals surface area (Å²) in [4.78, 5) is 22.3. The average molecular weight is 345 g/mol. The Hall–Kier alpha value is -2.00. The van der Waals surface area contributed by atoms with Crippen molar-refractivity contribution in [2.24, 2.45) is 5.92 Å². The fourth-order valence-electron chi connectivity index (χ4n) is 2.48. The number of benzene rings is 1. The van der Waals surface area contributed by atoms with E-state index in [0.29, 0.717) is 0 Å². The molecule has 0 unspecified atom stereocenters. The summed E-state index contributed by atoms with van der Waals surface area (Å²) in [5, 5.41) is 8.95. The molecule has 1 heterocycles. The van der Waals surface area contributed by atoms with Crippen LogP contribution in [0.1, 0.15) is 23.2 Å². The Morgan fingerprint density at radius 1 is 1.30 bits per heavy atom. The Balaban J connectivity index is 2.34. The zero-order valence-corrected chi connectivity index (χ0v) is 13.2. The van der Waals surface area contributed by atoms with Gasteiger partial charge in [-0.1, -0.05) is 0 Å². The highest BCUT2D eigenvalue weighted by atomic mass is 32.2. The molecule has 0 bridgehead atoms. The predicted octanol–water partition coefficient (Wildman–Crippen LogP) is 1.10. The number of halogens is 1. The maximum atomic E-state index is 13.3. The minimum atomic E-state index is -4.04. The van der Waals surface area contributed by atoms with Gasteiger partial charge in [0.1, 0.15) is 5.82 Å². The Bertz CT molecular complexity index is 725. The number of carboxylic acid groups (broad SMARTS) is 1. The molecule has 9 heteroatoms. The Labute approximate surface area is 132 Å². The molecular formula is C14H16FNO6S. The van der Waals surface area contributed by atoms with Gasteiger partial charge < -0.3 is 9.84 Å². The largest absolute Gasteiger partial charge is 0.481 e. The molecule has 0 saturated carbocycles.